The van der Waals surface area contributed by atoms with E-state index in [-0.39, 0.29) is 5.56 Å². The number of rotatable bonds is 2. The van der Waals surface area contributed by atoms with Gasteiger partial charge in [0.05, 0.1) is 0 Å². The maximum Gasteiger partial charge on any atom is 0.194 e. The summed E-state index contributed by atoms with van der Waals surface area (Å²) in [6.45, 7) is 3.72. The minimum Gasteiger partial charge on any atom is -0.289 e. The van der Waals surface area contributed by atoms with Crippen molar-refractivity contribution in [2.24, 2.45) is 0 Å². The van der Waals surface area contributed by atoms with Crippen molar-refractivity contribution in [3.8, 4) is 0 Å². The number of halogens is 3. The molecule has 1 nitrogen and oxygen atoms in total. The van der Waals surface area contributed by atoms with Crippen LogP contribution in [0.5, 0.6) is 0 Å². The summed E-state index contributed by atoms with van der Waals surface area (Å²) < 4.78 is 39.0. The fraction of sp³-hybridized carbons (Fsp3) is 0.133. The molecule has 0 aliphatic rings. The molecule has 0 amide bonds. The first-order chi connectivity index (χ1) is 8.90. The summed E-state index contributed by atoms with van der Waals surface area (Å²) in [5.41, 5.74) is 2.01. The molecule has 4 heteroatoms. The molecule has 0 radical (unpaired) electrons. The van der Waals surface area contributed by atoms with Crippen LogP contribution < -0.4 is 0 Å². The molecule has 0 aliphatic carbocycles. The first kappa shape index (κ1) is 13.3. The normalized spacial score (nSPS) is 10.6. The van der Waals surface area contributed by atoms with E-state index in [2.05, 4.69) is 0 Å². The van der Waals surface area contributed by atoms with Gasteiger partial charge in [-0.2, -0.15) is 0 Å². The average molecular weight is 264 g/mol. The minimum atomic E-state index is -1.57. The molecule has 0 heterocycles. The highest BCUT2D eigenvalue weighted by Gasteiger charge is 2.16. The molecule has 0 atom stereocenters. The van der Waals surface area contributed by atoms with E-state index >= 15 is 0 Å². The zero-order chi connectivity index (χ0) is 14.2. The smallest absolute Gasteiger partial charge is 0.194 e. The summed E-state index contributed by atoms with van der Waals surface area (Å²) in [7, 11) is 0. The molecule has 0 saturated carbocycles. The van der Waals surface area contributed by atoms with Crippen LogP contribution in [0.3, 0.4) is 0 Å². The zero-order valence-corrected chi connectivity index (χ0v) is 10.4. The van der Waals surface area contributed by atoms with Crippen molar-refractivity contribution in [1.29, 1.82) is 0 Å². The predicted octanol–water partition coefficient (Wildman–Crippen LogP) is 3.95. The number of hydrogen-bond donors (Lipinski definition) is 0. The van der Waals surface area contributed by atoms with Crippen molar-refractivity contribution in [1.82, 2.24) is 0 Å². The van der Waals surface area contributed by atoms with E-state index < -0.39 is 23.2 Å². The molecule has 0 spiro atoms. The van der Waals surface area contributed by atoms with Crippen LogP contribution in [0.2, 0.25) is 0 Å². The largest absolute Gasteiger partial charge is 0.289 e. The van der Waals surface area contributed by atoms with E-state index in [0.717, 1.165) is 11.1 Å². The van der Waals surface area contributed by atoms with Crippen molar-refractivity contribution in [2.45, 2.75) is 13.8 Å². The van der Waals surface area contributed by atoms with E-state index in [1.165, 1.54) is 0 Å². The third kappa shape index (κ3) is 2.52. The Morgan fingerprint density at radius 1 is 0.842 bits per heavy atom. The monoisotopic (exact) mass is 264 g/mol. The first-order valence-electron chi connectivity index (χ1n) is 5.66. The standard InChI is InChI=1S/C15H11F3O/c1-8-3-4-10(5-9(8)2)15(19)11-6-12(16)14(18)13(17)7-11/h3-7H,1-2H3. The van der Waals surface area contributed by atoms with E-state index in [9.17, 15) is 18.0 Å². The number of benzene rings is 2. The van der Waals surface area contributed by atoms with E-state index in [1.54, 1.807) is 18.2 Å². The maximum atomic E-state index is 13.1. The van der Waals surface area contributed by atoms with Crippen molar-refractivity contribution in [3.63, 3.8) is 0 Å². The summed E-state index contributed by atoms with van der Waals surface area (Å²) >= 11 is 0. The number of hydrogen-bond acceptors (Lipinski definition) is 1. The van der Waals surface area contributed by atoms with Crippen LogP contribution in [0.15, 0.2) is 30.3 Å². The second kappa shape index (κ2) is 4.88. The van der Waals surface area contributed by atoms with Crippen LogP contribution in [-0.4, -0.2) is 5.78 Å². The topological polar surface area (TPSA) is 17.1 Å². The van der Waals surface area contributed by atoms with Gasteiger partial charge in [-0.05, 0) is 43.2 Å². The Balaban J connectivity index is 2.47. The van der Waals surface area contributed by atoms with Crippen molar-refractivity contribution in [3.05, 3.63) is 70.0 Å². The van der Waals surface area contributed by atoms with Crippen LogP contribution in [-0.2, 0) is 0 Å². The second-order valence-electron chi connectivity index (χ2n) is 4.38. The van der Waals surface area contributed by atoms with E-state index in [1.807, 2.05) is 13.8 Å². The van der Waals surface area contributed by atoms with Crippen molar-refractivity contribution < 1.29 is 18.0 Å². The van der Waals surface area contributed by atoms with Gasteiger partial charge in [-0.3, -0.25) is 4.79 Å². The Kier molecular flexibility index (Phi) is 3.42. The molecule has 2 aromatic rings. The van der Waals surface area contributed by atoms with Gasteiger partial charge in [-0.1, -0.05) is 12.1 Å². The third-order valence-electron chi connectivity index (χ3n) is 3.02. The molecular weight excluding hydrogens is 253 g/mol. The maximum absolute atomic E-state index is 13.1. The van der Waals surface area contributed by atoms with Crippen molar-refractivity contribution in [2.75, 3.05) is 0 Å². The van der Waals surface area contributed by atoms with Gasteiger partial charge in [-0.25, -0.2) is 13.2 Å². The Hall–Kier alpha value is -2.10. The molecule has 2 rings (SSSR count). The number of ketones is 1. The lowest BCUT2D eigenvalue weighted by Crippen LogP contribution is -2.05. The quantitative estimate of drug-likeness (QED) is 0.593. The summed E-state index contributed by atoms with van der Waals surface area (Å²) in [6.07, 6.45) is 0. The van der Waals surface area contributed by atoms with Crippen LogP contribution in [0.25, 0.3) is 0 Å². The molecule has 0 unspecified atom stereocenters. The Bertz CT molecular complexity index is 639. The van der Waals surface area contributed by atoms with E-state index in [0.29, 0.717) is 17.7 Å². The Morgan fingerprint density at radius 3 is 1.95 bits per heavy atom. The van der Waals surface area contributed by atoms with Crippen LogP contribution in [0.4, 0.5) is 13.2 Å². The first-order valence-corrected chi connectivity index (χ1v) is 5.66. The molecule has 98 valence electrons. The number of carbonyl (C=O) groups is 1. The van der Waals surface area contributed by atoms with Crippen molar-refractivity contribution >= 4 is 5.78 Å². The average Bonchev–Trinajstić information content (AvgIpc) is 2.37. The SMILES string of the molecule is Cc1ccc(C(=O)c2cc(F)c(F)c(F)c2)cc1C. The van der Waals surface area contributed by atoms with Crippen LogP contribution >= 0.6 is 0 Å². The lowest BCUT2D eigenvalue weighted by atomic mass is 9.99. The van der Waals surface area contributed by atoms with Gasteiger partial charge in [-0.15, -0.1) is 0 Å². The van der Waals surface area contributed by atoms with Crippen LogP contribution in [0.1, 0.15) is 27.0 Å². The fourth-order valence-electron chi connectivity index (χ4n) is 1.74. The van der Waals surface area contributed by atoms with Gasteiger partial charge in [0.1, 0.15) is 0 Å². The Labute approximate surface area is 108 Å². The molecule has 0 saturated heterocycles. The highest BCUT2D eigenvalue weighted by molar-refractivity contribution is 6.09. The van der Waals surface area contributed by atoms with Gasteiger partial charge in [0.25, 0.3) is 0 Å². The molecule has 0 aromatic heterocycles. The summed E-state index contributed by atoms with van der Waals surface area (Å²) in [4.78, 5) is 12.1. The molecule has 0 N–H and O–H groups in total. The lowest BCUT2D eigenvalue weighted by Gasteiger charge is -2.06. The highest BCUT2D eigenvalue weighted by atomic mass is 19.2. The summed E-state index contributed by atoms with van der Waals surface area (Å²) in [5.74, 6) is -4.85. The summed E-state index contributed by atoms with van der Waals surface area (Å²) in [6, 6.07) is 6.37. The van der Waals surface area contributed by atoms with E-state index in [4.69, 9.17) is 0 Å². The predicted molar refractivity (Wildman–Crippen MR) is 65.7 cm³/mol. The highest BCUT2D eigenvalue weighted by Crippen LogP contribution is 2.18. The van der Waals surface area contributed by atoms with Gasteiger partial charge in [0.2, 0.25) is 0 Å². The minimum absolute atomic E-state index is 0.209. The van der Waals surface area contributed by atoms with Crippen LogP contribution in [0, 0.1) is 31.3 Å². The second-order valence-corrected chi connectivity index (χ2v) is 4.38. The number of aryl methyl sites for hydroxylation is 2. The summed E-state index contributed by atoms with van der Waals surface area (Å²) in [5, 5.41) is 0. The molecule has 0 bridgehead atoms. The fourth-order valence-corrected chi connectivity index (χ4v) is 1.74. The van der Waals surface area contributed by atoms with Gasteiger partial charge < -0.3 is 0 Å². The Morgan fingerprint density at radius 2 is 1.42 bits per heavy atom. The zero-order valence-electron chi connectivity index (χ0n) is 10.4. The molecule has 19 heavy (non-hydrogen) atoms. The molecule has 2 aromatic carbocycles. The van der Waals surface area contributed by atoms with Gasteiger partial charge >= 0.3 is 0 Å². The molecular formula is C15H11F3O. The lowest BCUT2D eigenvalue weighted by molar-refractivity contribution is 0.103. The number of carbonyl (C=O) groups excluding carboxylic acids is 1. The van der Waals surface area contributed by atoms with Gasteiger partial charge in [0.15, 0.2) is 23.2 Å². The van der Waals surface area contributed by atoms with Gasteiger partial charge in [0, 0.05) is 11.1 Å². The third-order valence-corrected chi connectivity index (χ3v) is 3.02. The molecule has 0 aliphatic heterocycles. The molecule has 0 fully saturated rings.